The number of hydrogen-bond donors (Lipinski definition) is 1. The third-order valence-corrected chi connectivity index (χ3v) is 3.05. The molecule has 0 heterocycles. The first-order chi connectivity index (χ1) is 10.2. The number of aromatic hydroxyl groups is 1. The number of carbonyl (C=O) groups is 1. The van der Waals surface area contributed by atoms with Gasteiger partial charge < -0.3 is 9.84 Å². The number of esters is 1. The highest BCUT2D eigenvalue weighted by atomic mass is 16.5. The van der Waals surface area contributed by atoms with Crippen LogP contribution in [0.1, 0.15) is 17.5 Å². The summed E-state index contributed by atoms with van der Waals surface area (Å²) in [5.74, 6) is -0.0300. The third kappa shape index (κ3) is 5.53. The van der Waals surface area contributed by atoms with E-state index in [0.717, 1.165) is 12.0 Å². The number of carbonyl (C=O) groups excluding carboxylic acids is 1. The predicted octanol–water partition coefficient (Wildman–Crippen LogP) is 3.62. The fourth-order valence-electron chi connectivity index (χ4n) is 1.89. The molecule has 1 N–H and O–H groups in total. The zero-order valence-electron chi connectivity index (χ0n) is 11.7. The number of phenolic OH excluding ortho intramolecular Hbond substituents is 1. The number of allylic oxidation sites excluding steroid dienone is 1. The van der Waals surface area contributed by atoms with Crippen LogP contribution < -0.4 is 0 Å². The topological polar surface area (TPSA) is 46.5 Å². The van der Waals surface area contributed by atoms with Crippen LogP contribution in [0.15, 0.2) is 66.9 Å². The van der Waals surface area contributed by atoms with E-state index in [9.17, 15) is 9.90 Å². The van der Waals surface area contributed by atoms with E-state index in [1.807, 2.05) is 36.4 Å². The average molecular weight is 282 g/mol. The van der Waals surface area contributed by atoms with E-state index in [-0.39, 0.29) is 11.7 Å². The van der Waals surface area contributed by atoms with Crippen molar-refractivity contribution in [2.24, 2.45) is 0 Å². The summed E-state index contributed by atoms with van der Waals surface area (Å²) in [5.41, 5.74) is 2.17. The molecule has 0 spiro atoms. The van der Waals surface area contributed by atoms with Crippen LogP contribution in [0, 0.1) is 0 Å². The molecular formula is C18H18O3. The minimum Gasteiger partial charge on any atom is -0.508 e. The van der Waals surface area contributed by atoms with E-state index < -0.39 is 0 Å². The molecular weight excluding hydrogens is 264 g/mol. The molecule has 0 saturated heterocycles. The highest BCUT2D eigenvalue weighted by molar-refractivity contribution is 5.70. The van der Waals surface area contributed by atoms with Crippen LogP contribution in [0.5, 0.6) is 5.75 Å². The number of aryl methyl sites for hydroxylation is 1. The lowest BCUT2D eigenvalue weighted by Crippen LogP contribution is -2.01. The second-order valence-electron chi connectivity index (χ2n) is 4.72. The first-order valence-corrected chi connectivity index (χ1v) is 6.90. The third-order valence-electron chi connectivity index (χ3n) is 3.05. The monoisotopic (exact) mass is 282 g/mol. The van der Waals surface area contributed by atoms with Gasteiger partial charge in [0, 0.05) is 6.42 Å². The van der Waals surface area contributed by atoms with E-state index >= 15 is 0 Å². The van der Waals surface area contributed by atoms with E-state index in [4.69, 9.17) is 4.74 Å². The number of ether oxygens (including phenoxy) is 1. The second-order valence-corrected chi connectivity index (χ2v) is 4.72. The van der Waals surface area contributed by atoms with Crippen molar-refractivity contribution in [3.63, 3.8) is 0 Å². The smallest absolute Gasteiger partial charge is 0.310 e. The largest absolute Gasteiger partial charge is 0.508 e. The van der Waals surface area contributed by atoms with Gasteiger partial charge in [-0.3, -0.25) is 4.79 Å². The van der Waals surface area contributed by atoms with E-state index in [0.29, 0.717) is 12.8 Å². The van der Waals surface area contributed by atoms with Gasteiger partial charge in [-0.1, -0.05) is 42.5 Å². The van der Waals surface area contributed by atoms with Crippen LogP contribution in [-0.4, -0.2) is 11.1 Å². The Labute approximate surface area is 124 Å². The quantitative estimate of drug-likeness (QED) is 0.650. The molecule has 0 saturated carbocycles. The summed E-state index contributed by atoms with van der Waals surface area (Å²) < 4.78 is 5.04. The van der Waals surface area contributed by atoms with Crippen molar-refractivity contribution in [3.05, 3.63) is 78.1 Å². The number of phenols is 1. The fraction of sp³-hybridized carbons (Fsp3) is 0.167. The summed E-state index contributed by atoms with van der Waals surface area (Å²) in [6.45, 7) is 0. The lowest BCUT2D eigenvalue weighted by molar-refractivity contribution is -0.137. The summed E-state index contributed by atoms with van der Waals surface area (Å²) in [7, 11) is 0. The predicted molar refractivity (Wildman–Crippen MR) is 81.8 cm³/mol. The van der Waals surface area contributed by atoms with Crippen molar-refractivity contribution in [2.75, 3.05) is 0 Å². The van der Waals surface area contributed by atoms with Gasteiger partial charge >= 0.3 is 5.97 Å². The highest BCUT2D eigenvalue weighted by Crippen LogP contribution is 2.11. The fourth-order valence-corrected chi connectivity index (χ4v) is 1.89. The average Bonchev–Trinajstić information content (AvgIpc) is 2.52. The molecule has 3 nitrogen and oxygen atoms in total. The molecule has 108 valence electrons. The molecule has 0 unspecified atom stereocenters. The molecule has 0 aliphatic heterocycles. The maximum absolute atomic E-state index is 11.6. The van der Waals surface area contributed by atoms with Crippen LogP contribution >= 0.6 is 0 Å². The summed E-state index contributed by atoms with van der Waals surface area (Å²) in [6.07, 6.45) is 4.94. The van der Waals surface area contributed by atoms with E-state index in [2.05, 4.69) is 0 Å². The van der Waals surface area contributed by atoms with E-state index in [1.165, 1.54) is 11.8 Å². The molecule has 0 aliphatic carbocycles. The molecule has 21 heavy (non-hydrogen) atoms. The summed E-state index contributed by atoms with van der Waals surface area (Å²) in [6, 6.07) is 16.8. The first kappa shape index (κ1) is 14.9. The van der Waals surface area contributed by atoms with E-state index in [1.54, 1.807) is 24.3 Å². The Kier molecular flexibility index (Phi) is 5.59. The lowest BCUT2D eigenvalue weighted by Gasteiger charge is -2.01. The zero-order valence-corrected chi connectivity index (χ0v) is 11.7. The Bertz CT molecular complexity index is 586. The summed E-state index contributed by atoms with van der Waals surface area (Å²) in [5, 5.41) is 9.17. The van der Waals surface area contributed by atoms with Gasteiger partial charge in [-0.25, -0.2) is 0 Å². The van der Waals surface area contributed by atoms with Crippen molar-refractivity contribution in [2.45, 2.75) is 19.3 Å². The zero-order chi connectivity index (χ0) is 14.9. The second kappa shape index (κ2) is 7.90. The van der Waals surface area contributed by atoms with Gasteiger partial charge in [0.2, 0.25) is 0 Å². The Balaban J connectivity index is 1.69. The van der Waals surface area contributed by atoms with Crippen LogP contribution in [0.2, 0.25) is 0 Å². The molecule has 2 aromatic rings. The molecule has 3 heteroatoms. The molecule has 0 amide bonds. The molecule has 0 fully saturated rings. The van der Waals surface area contributed by atoms with Crippen molar-refractivity contribution in [1.29, 1.82) is 0 Å². The maximum atomic E-state index is 11.6. The van der Waals surface area contributed by atoms with Gasteiger partial charge in [0.25, 0.3) is 0 Å². The van der Waals surface area contributed by atoms with Crippen LogP contribution in [0.4, 0.5) is 0 Å². The minimum atomic E-state index is -0.257. The Morgan fingerprint density at radius 2 is 1.71 bits per heavy atom. The molecule has 0 radical (unpaired) electrons. The van der Waals surface area contributed by atoms with Crippen LogP contribution in [0.3, 0.4) is 0 Å². The van der Waals surface area contributed by atoms with Gasteiger partial charge in [-0.05, 0) is 42.2 Å². The Morgan fingerprint density at radius 1 is 1.00 bits per heavy atom. The number of benzene rings is 2. The first-order valence-electron chi connectivity index (χ1n) is 6.90. The molecule has 0 atom stereocenters. The SMILES string of the molecule is O=C(CCc1ccc(O)cc1)O/C=C/Cc1ccccc1. The van der Waals surface area contributed by atoms with Gasteiger partial charge in [0.05, 0.1) is 6.26 Å². The van der Waals surface area contributed by atoms with Gasteiger partial charge in [0.1, 0.15) is 5.75 Å². The van der Waals surface area contributed by atoms with Crippen LogP contribution in [-0.2, 0) is 22.4 Å². The van der Waals surface area contributed by atoms with Crippen molar-refractivity contribution < 1.29 is 14.6 Å². The van der Waals surface area contributed by atoms with Gasteiger partial charge in [-0.15, -0.1) is 0 Å². The number of hydrogen-bond acceptors (Lipinski definition) is 3. The molecule has 0 aromatic heterocycles. The van der Waals surface area contributed by atoms with Crippen LogP contribution in [0.25, 0.3) is 0 Å². The lowest BCUT2D eigenvalue weighted by atomic mass is 10.1. The number of rotatable bonds is 6. The maximum Gasteiger partial charge on any atom is 0.310 e. The Morgan fingerprint density at radius 3 is 2.43 bits per heavy atom. The van der Waals surface area contributed by atoms with Crippen molar-refractivity contribution in [1.82, 2.24) is 0 Å². The highest BCUT2D eigenvalue weighted by Gasteiger charge is 2.02. The van der Waals surface area contributed by atoms with Gasteiger partial charge in [0.15, 0.2) is 0 Å². The molecule has 0 aliphatic rings. The summed E-state index contributed by atoms with van der Waals surface area (Å²) >= 11 is 0. The normalized spacial score (nSPS) is 10.7. The molecule has 2 aromatic carbocycles. The summed E-state index contributed by atoms with van der Waals surface area (Å²) in [4.78, 5) is 11.6. The van der Waals surface area contributed by atoms with Crippen molar-refractivity contribution >= 4 is 5.97 Å². The molecule has 2 rings (SSSR count). The standard InChI is InChI=1S/C18H18O3/c19-17-11-8-16(9-12-17)10-13-18(20)21-14-4-7-15-5-2-1-3-6-15/h1-6,8-9,11-12,14,19H,7,10,13H2/b14-4+. The minimum absolute atomic E-state index is 0.227. The Hall–Kier alpha value is -2.55. The van der Waals surface area contributed by atoms with Gasteiger partial charge in [-0.2, -0.15) is 0 Å². The molecule has 0 bridgehead atoms. The van der Waals surface area contributed by atoms with Crippen molar-refractivity contribution in [3.8, 4) is 5.75 Å².